The fraction of sp³-hybridized carbons (Fsp3) is 0.611. The number of hydrogen-bond acceptors (Lipinski definition) is 2. The number of benzene rings is 1. The SMILES string of the molecule is CN=C(NCc1ccc(OC)cc1)N1CC2CCCCC2C1. The molecule has 120 valence electrons. The van der Waals surface area contributed by atoms with E-state index >= 15 is 0 Å². The van der Waals surface area contributed by atoms with Crippen LogP contribution in [0.1, 0.15) is 31.2 Å². The van der Waals surface area contributed by atoms with Gasteiger partial charge in [0.05, 0.1) is 7.11 Å². The number of hydrogen-bond donors (Lipinski definition) is 1. The summed E-state index contributed by atoms with van der Waals surface area (Å²) in [5.74, 6) is 3.71. The second-order valence-electron chi connectivity index (χ2n) is 6.46. The van der Waals surface area contributed by atoms with Gasteiger partial charge in [-0.1, -0.05) is 25.0 Å². The van der Waals surface area contributed by atoms with Crippen molar-refractivity contribution in [2.75, 3.05) is 27.2 Å². The van der Waals surface area contributed by atoms with Gasteiger partial charge < -0.3 is 15.0 Å². The molecule has 2 unspecified atom stereocenters. The van der Waals surface area contributed by atoms with Gasteiger partial charge in [-0.3, -0.25) is 4.99 Å². The standard InChI is InChI=1S/C18H27N3O/c1-19-18(20-11-14-7-9-17(22-2)10-8-14)21-12-15-5-3-4-6-16(15)13-21/h7-10,15-16H,3-6,11-13H2,1-2H3,(H,19,20). The van der Waals surface area contributed by atoms with E-state index in [0.717, 1.165) is 30.1 Å². The largest absolute Gasteiger partial charge is 0.497 e. The Morgan fingerprint density at radius 1 is 1.18 bits per heavy atom. The first-order chi connectivity index (χ1) is 10.8. The van der Waals surface area contributed by atoms with Crippen molar-refractivity contribution in [1.82, 2.24) is 10.2 Å². The van der Waals surface area contributed by atoms with Crippen LogP contribution in [0.2, 0.25) is 0 Å². The number of methoxy groups -OCH3 is 1. The predicted octanol–water partition coefficient (Wildman–Crippen LogP) is 2.89. The minimum Gasteiger partial charge on any atom is -0.497 e. The van der Waals surface area contributed by atoms with Crippen LogP contribution in [0.5, 0.6) is 5.75 Å². The summed E-state index contributed by atoms with van der Waals surface area (Å²) in [5.41, 5.74) is 1.25. The van der Waals surface area contributed by atoms with Crippen molar-refractivity contribution >= 4 is 5.96 Å². The van der Waals surface area contributed by atoms with Crippen LogP contribution < -0.4 is 10.1 Å². The molecule has 0 spiro atoms. The minimum absolute atomic E-state index is 0.808. The number of ether oxygens (including phenoxy) is 1. The van der Waals surface area contributed by atoms with Crippen LogP contribution in [0.15, 0.2) is 29.3 Å². The highest BCUT2D eigenvalue weighted by Gasteiger charge is 2.35. The zero-order valence-electron chi connectivity index (χ0n) is 13.7. The molecule has 2 atom stereocenters. The summed E-state index contributed by atoms with van der Waals surface area (Å²) in [5, 5.41) is 3.51. The smallest absolute Gasteiger partial charge is 0.193 e. The lowest BCUT2D eigenvalue weighted by molar-refractivity contribution is 0.299. The molecule has 1 heterocycles. The van der Waals surface area contributed by atoms with Crippen molar-refractivity contribution in [2.24, 2.45) is 16.8 Å². The molecular formula is C18H27N3O. The monoisotopic (exact) mass is 301 g/mol. The van der Waals surface area contributed by atoms with Gasteiger partial charge in [-0.15, -0.1) is 0 Å². The second kappa shape index (κ2) is 7.03. The van der Waals surface area contributed by atoms with Gasteiger partial charge in [0.15, 0.2) is 5.96 Å². The van der Waals surface area contributed by atoms with E-state index < -0.39 is 0 Å². The average molecular weight is 301 g/mol. The van der Waals surface area contributed by atoms with Gasteiger partial charge in [0, 0.05) is 26.7 Å². The number of rotatable bonds is 3. The molecule has 1 aromatic carbocycles. The first-order valence-corrected chi connectivity index (χ1v) is 8.38. The Morgan fingerprint density at radius 2 is 1.82 bits per heavy atom. The molecule has 22 heavy (non-hydrogen) atoms. The summed E-state index contributed by atoms with van der Waals surface area (Å²) >= 11 is 0. The Hall–Kier alpha value is -1.71. The van der Waals surface area contributed by atoms with E-state index in [1.165, 1.54) is 44.3 Å². The van der Waals surface area contributed by atoms with Crippen LogP contribution in [-0.4, -0.2) is 38.1 Å². The van der Waals surface area contributed by atoms with Gasteiger partial charge in [-0.25, -0.2) is 0 Å². The maximum absolute atomic E-state index is 5.20. The van der Waals surface area contributed by atoms with E-state index in [9.17, 15) is 0 Å². The Labute approximate surface area is 133 Å². The normalized spacial score (nSPS) is 25.0. The molecule has 1 N–H and O–H groups in total. The number of nitrogens with one attached hydrogen (secondary N) is 1. The zero-order chi connectivity index (χ0) is 15.4. The molecule has 1 saturated carbocycles. The summed E-state index contributed by atoms with van der Waals surface area (Å²) in [7, 11) is 3.58. The van der Waals surface area contributed by atoms with E-state index in [-0.39, 0.29) is 0 Å². The van der Waals surface area contributed by atoms with E-state index in [2.05, 4.69) is 27.3 Å². The van der Waals surface area contributed by atoms with Gasteiger partial charge in [0.2, 0.25) is 0 Å². The van der Waals surface area contributed by atoms with Gasteiger partial charge >= 0.3 is 0 Å². The Bertz CT molecular complexity index is 498. The first kappa shape index (κ1) is 15.2. The van der Waals surface area contributed by atoms with Crippen molar-refractivity contribution in [2.45, 2.75) is 32.2 Å². The van der Waals surface area contributed by atoms with Crippen molar-refractivity contribution in [3.8, 4) is 5.75 Å². The third kappa shape index (κ3) is 3.37. The van der Waals surface area contributed by atoms with Gasteiger partial charge in [-0.2, -0.15) is 0 Å². The summed E-state index contributed by atoms with van der Waals surface area (Å²) < 4.78 is 5.20. The van der Waals surface area contributed by atoms with Crippen LogP contribution in [0.3, 0.4) is 0 Å². The Balaban J connectivity index is 1.56. The van der Waals surface area contributed by atoms with E-state index in [0.29, 0.717) is 0 Å². The molecule has 1 aromatic rings. The van der Waals surface area contributed by atoms with E-state index in [1.807, 2.05) is 19.2 Å². The van der Waals surface area contributed by atoms with Crippen molar-refractivity contribution < 1.29 is 4.74 Å². The van der Waals surface area contributed by atoms with E-state index in [4.69, 9.17) is 4.74 Å². The van der Waals surface area contributed by atoms with Gasteiger partial charge in [-0.05, 0) is 42.4 Å². The highest BCUT2D eigenvalue weighted by molar-refractivity contribution is 5.80. The fourth-order valence-corrected chi connectivity index (χ4v) is 3.84. The molecule has 1 aliphatic carbocycles. The highest BCUT2D eigenvalue weighted by atomic mass is 16.5. The van der Waals surface area contributed by atoms with Crippen molar-refractivity contribution in [1.29, 1.82) is 0 Å². The molecule has 0 bridgehead atoms. The number of fused-ring (bicyclic) bond motifs is 1. The van der Waals surface area contributed by atoms with Crippen LogP contribution in [0.4, 0.5) is 0 Å². The lowest BCUT2D eigenvalue weighted by atomic mass is 9.82. The average Bonchev–Trinajstić information content (AvgIpc) is 3.00. The zero-order valence-corrected chi connectivity index (χ0v) is 13.7. The second-order valence-corrected chi connectivity index (χ2v) is 6.46. The first-order valence-electron chi connectivity index (χ1n) is 8.38. The number of aliphatic imine (C=N–C) groups is 1. The molecule has 0 radical (unpaired) electrons. The third-order valence-corrected chi connectivity index (χ3v) is 5.10. The summed E-state index contributed by atoms with van der Waals surface area (Å²) in [4.78, 5) is 6.93. The molecule has 1 saturated heterocycles. The summed E-state index contributed by atoms with van der Waals surface area (Å²) in [6.45, 7) is 3.16. The van der Waals surface area contributed by atoms with E-state index in [1.54, 1.807) is 7.11 Å². The molecule has 2 fully saturated rings. The predicted molar refractivity (Wildman–Crippen MR) is 90.2 cm³/mol. The Kier molecular flexibility index (Phi) is 4.86. The molecular weight excluding hydrogens is 274 g/mol. The number of likely N-dealkylation sites (tertiary alicyclic amines) is 1. The molecule has 0 aromatic heterocycles. The van der Waals surface area contributed by atoms with Crippen LogP contribution in [0, 0.1) is 11.8 Å². The lowest BCUT2D eigenvalue weighted by Crippen LogP contribution is -2.39. The van der Waals surface area contributed by atoms with Crippen molar-refractivity contribution in [3.05, 3.63) is 29.8 Å². The highest BCUT2D eigenvalue weighted by Crippen LogP contribution is 2.35. The van der Waals surface area contributed by atoms with Crippen LogP contribution in [-0.2, 0) is 6.54 Å². The van der Waals surface area contributed by atoms with Gasteiger partial charge in [0.1, 0.15) is 5.75 Å². The van der Waals surface area contributed by atoms with Gasteiger partial charge in [0.25, 0.3) is 0 Å². The number of guanidine groups is 1. The quantitative estimate of drug-likeness (QED) is 0.689. The summed E-state index contributed by atoms with van der Waals surface area (Å²) in [6, 6.07) is 8.21. The molecule has 1 aliphatic heterocycles. The minimum atomic E-state index is 0.808. The molecule has 0 amide bonds. The van der Waals surface area contributed by atoms with Crippen molar-refractivity contribution in [3.63, 3.8) is 0 Å². The molecule has 4 heteroatoms. The Morgan fingerprint density at radius 3 is 2.36 bits per heavy atom. The molecule has 3 rings (SSSR count). The lowest BCUT2D eigenvalue weighted by Gasteiger charge is -2.22. The number of nitrogens with zero attached hydrogens (tertiary/aromatic N) is 2. The van der Waals surface area contributed by atoms with Crippen LogP contribution in [0.25, 0.3) is 0 Å². The maximum atomic E-state index is 5.20. The molecule has 4 nitrogen and oxygen atoms in total. The molecule has 2 aliphatic rings. The topological polar surface area (TPSA) is 36.9 Å². The fourth-order valence-electron chi connectivity index (χ4n) is 3.84. The summed E-state index contributed by atoms with van der Waals surface area (Å²) in [6.07, 6.45) is 5.62. The van der Waals surface area contributed by atoms with Crippen LogP contribution >= 0.6 is 0 Å². The maximum Gasteiger partial charge on any atom is 0.193 e. The third-order valence-electron chi connectivity index (χ3n) is 5.10.